The van der Waals surface area contributed by atoms with E-state index in [0.717, 1.165) is 11.3 Å². The second-order valence-corrected chi connectivity index (χ2v) is 6.28. The Morgan fingerprint density at radius 3 is 2.67 bits per heavy atom. The molecule has 1 saturated heterocycles. The van der Waals surface area contributed by atoms with Gasteiger partial charge < -0.3 is 14.2 Å². The molecule has 3 rings (SSSR count). The predicted molar refractivity (Wildman–Crippen MR) is 89.9 cm³/mol. The highest BCUT2D eigenvalue weighted by Gasteiger charge is 2.39. The van der Waals surface area contributed by atoms with Crippen LogP contribution in [0.4, 0.5) is 0 Å². The number of furan rings is 1. The molecule has 1 aliphatic rings. The minimum Gasteiger partial charge on any atom is -0.467 e. The second-order valence-electron chi connectivity index (χ2n) is 6.28. The minimum atomic E-state index is -0.241. The van der Waals surface area contributed by atoms with Gasteiger partial charge >= 0.3 is 0 Å². The normalized spacial score (nSPS) is 20.9. The first-order valence-electron chi connectivity index (χ1n) is 8.16. The number of nitrogens with zero attached hydrogens (tertiary/aromatic N) is 2. The van der Waals surface area contributed by atoms with Gasteiger partial charge in [-0.05, 0) is 24.1 Å². The number of piperidine rings is 1. The number of benzene rings is 1. The van der Waals surface area contributed by atoms with Crippen molar-refractivity contribution in [1.82, 2.24) is 9.80 Å². The van der Waals surface area contributed by atoms with Crippen molar-refractivity contribution in [2.75, 3.05) is 14.1 Å². The lowest BCUT2D eigenvalue weighted by Crippen LogP contribution is -2.46. The van der Waals surface area contributed by atoms with Gasteiger partial charge in [0.05, 0.1) is 24.8 Å². The Hall–Kier alpha value is -2.56. The molecular formula is C19H22N2O3. The van der Waals surface area contributed by atoms with Gasteiger partial charge in [0.1, 0.15) is 5.76 Å². The second kappa shape index (κ2) is 6.91. The smallest absolute Gasteiger partial charge is 0.228 e. The molecule has 5 nitrogen and oxygen atoms in total. The van der Waals surface area contributed by atoms with Crippen molar-refractivity contribution in [1.29, 1.82) is 0 Å². The molecule has 2 heterocycles. The van der Waals surface area contributed by atoms with E-state index in [2.05, 4.69) is 0 Å². The zero-order valence-corrected chi connectivity index (χ0v) is 14.0. The largest absolute Gasteiger partial charge is 0.467 e. The Balaban J connectivity index is 1.83. The van der Waals surface area contributed by atoms with Crippen LogP contribution in [0.1, 0.15) is 30.2 Å². The number of hydrogen-bond acceptors (Lipinski definition) is 3. The molecule has 0 spiro atoms. The molecule has 1 fully saturated rings. The average Bonchev–Trinajstić information content (AvgIpc) is 3.10. The Bertz CT molecular complexity index is 697. The van der Waals surface area contributed by atoms with Crippen molar-refractivity contribution in [3.05, 3.63) is 60.1 Å². The van der Waals surface area contributed by atoms with Crippen LogP contribution >= 0.6 is 0 Å². The summed E-state index contributed by atoms with van der Waals surface area (Å²) in [6.45, 7) is 0.432. The summed E-state index contributed by atoms with van der Waals surface area (Å²) < 4.78 is 5.33. The number of carbonyl (C=O) groups excluding carboxylic acids is 2. The Kier molecular flexibility index (Phi) is 4.69. The van der Waals surface area contributed by atoms with Gasteiger partial charge in [-0.25, -0.2) is 0 Å². The molecule has 0 bridgehead atoms. The molecule has 0 aliphatic carbocycles. The Morgan fingerprint density at radius 1 is 1.25 bits per heavy atom. The van der Waals surface area contributed by atoms with Crippen molar-refractivity contribution in [3.8, 4) is 0 Å². The van der Waals surface area contributed by atoms with Gasteiger partial charge in [-0.3, -0.25) is 9.59 Å². The Morgan fingerprint density at radius 2 is 2.00 bits per heavy atom. The van der Waals surface area contributed by atoms with Crippen molar-refractivity contribution >= 4 is 11.8 Å². The van der Waals surface area contributed by atoms with Gasteiger partial charge in [-0.2, -0.15) is 0 Å². The maximum Gasteiger partial charge on any atom is 0.228 e. The monoisotopic (exact) mass is 326 g/mol. The fourth-order valence-corrected chi connectivity index (χ4v) is 3.40. The van der Waals surface area contributed by atoms with Crippen molar-refractivity contribution < 1.29 is 14.0 Å². The van der Waals surface area contributed by atoms with Gasteiger partial charge in [0.2, 0.25) is 11.8 Å². The number of carbonyl (C=O) groups is 2. The van der Waals surface area contributed by atoms with Crippen LogP contribution in [0.2, 0.25) is 0 Å². The third-order valence-corrected chi connectivity index (χ3v) is 4.67. The van der Waals surface area contributed by atoms with Crippen LogP contribution in [0.15, 0.2) is 53.1 Å². The van der Waals surface area contributed by atoms with Gasteiger partial charge in [-0.15, -0.1) is 0 Å². The quantitative estimate of drug-likeness (QED) is 0.868. The van der Waals surface area contributed by atoms with E-state index in [-0.39, 0.29) is 23.8 Å². The molecular weight excluding hydrogens is 304 g/mol. The highest BCUT2D eigenvalue weighted by molar-refractivity contribution is 5.84. The van der Waals surface area contributed by atoms with Gasteiger partial charge in [0.25, 0.3) is 0 Å². The molecule has 24 heavy (non-hydrogen) atoms. The molecule has 5 heteroatoms. The highest BCUT2D eigenvalue weighted by Crippen LogP contribution is 2.36. The first-order valence-corrected chi connectivity index (χ1v) is 8.16. The summed E-state index contributed by atoms with van der Waals surface area (Å²) in [4.78, 5) is 28.6. The molecule has 0 unspecified atom stereocenters. The van der Waals surface area contributed by atoms with E-state index in [1.54, 1.807) is 30.2 Å². The van der Waals surface area contributed by atoms with E-state index in [1.165, 1.54) is 0 Å². The number of hydrogen-bond donors (Lipinski definition) is 0. The van der Waals surface area contributed by atoms with Gasteiger partial charge in [-0.1, -0.05) is 30.3 Å². The molecule has 1 aromatic heterocycles. The van der Waals surface area contributed by atoms with E-state index < -0.39 is 0 Å². The van der Waals surface area contributed by atoms with Crippen LogP contribution in [-0.4, -0.2) is 35.7 Å². The van der Waals surface area contributed by atoms with Crippen LogP contribution in [-0.2, 0) is 16.1 Å². The molecule has 2 amide bonds. The number of amides is 2. The average molecular weight is 326 g/mol. The van der Waals surface area contributed by atoms with Crippen LogP contribution < -0.4 is 0 Å². The van der Waals surface area contributed by atoms with Crippen molar-refractivity contribution in [2.45, 2.75) is 25.4 Å². The molecule has 1 aliphatic heterocycles. The van der Waals surface area contributed by atoms with E-state index >= 15 is 0 Å². The summed E-state index contributed by atoms with van der Waals surface area (Å²) in [5, 5.41) is 0. The summed E-state index contributed by atoms with van der Waals surface area (Å²) in [6.07, 6.45) is 2.59. The lowest BCUT2D eigenvalue weighted by Gasteiger charge is -2.39. The van der Waals surface area contributed by atoms with Crippen LogP contribution in [0, 0.1) is 5.92 Å². The van der Waals surface area contributed by atoms with E-state index in [0.29, 0.717) is 19.4 Å². The third-order valence-electron chi connectivity index (χ3n) is 4.67. The SMILES string of the molecule is CN(Cc1ccco1)C(=O)[C@@H]1CCC(=O)N(C)[C@H]1c1ccccc1. The summed E-state index contributed by atoms with van der Waals surface area (Å²) in [5.41, 5.74) is 0.998. The summed E-state index contributed by atoms with van der Waals surface area (Å²) >= 11 is 0. The molecule has 1 aromatic carbocycles. The van der Waals surface area contributed by atoms with Crippen molar-refractivity contribution in [2.24, 2.45) is 5.92 Å². The first-order chi connectivity index (χ1) is 11.6. The first kappa shape index (κ1) is 16.3. The zero-order valence-electron chi connectivity index (χ0n) is 14.0. The van der Waals surface area contributed by atoms with Crippen LogP contribution in [0.25, 0.3) is 0 Å². The van der Waals surface area contributed by atoms with E-state index in [1.807, 2.05) is 42.5 Å². The third kappa shape index (κ3) is 3.20. The summed E-state index contributed by atoms with van der Waals surface area (Å²) in [5.74, 6) is 0.638. The molecule has 0 saturated carbocycles. The molecule has 0 radical (unpaired) electrons. The molecule has 2 aromatic rings. The van der Waals surface area contributed by atoms with Gasteiger partial charge in [0, 0.05) is 20.5 Å². The van der Waals surface area contributed by atoms with Gasteiger partial charge in [0.15, 0.2) is 0 Å². The number of rotatable bonds is 4. The van der Waals surface area contributed by atoms with E-state index in [4.69, 9.17) is 4.42 Å². The topological polar surface area (TPSA) is 53.8 Å². The zero-order chi connectivity index (χ0) is 17.1. The molecule has 2 atom stereocenters. The Labute approximate surface area is 141 Å². The molecule has 126 valence electrons. The van der Waals surface area contributed by atoms with Crippen LogP contribution in [0.5, 0.6) is 0 Å². The maximum atomic E-state index is 13.0. The lowest BCUT2D eigenvalue weighted by atomic mass is 9.83. The van der Waals surface area contributed by atoms with Crippen molar-refractivity contribution in [3.63, 3.8) is 0 Å². The summed E-state index contributed by atoms with van der Waals surface area (Å²) in [7, 11) is 3.56. The highest BCUT2D eigenvalue weighted by atomic mass is 16.3. The van der Waals surface area contributed by atoms with E-state index in [9.17, 15) is 9.59 Å². The minimum absolute atomic E-state index is 0.0413. The fraction of sp³-hybridized carbons (Fsp3) is 0.368. The molecule has 0 N–H and O–H groups in total. The standard InChI is InChI=1S/C19H22N2O3/c1-20(13-15-9-6-12-24-15)19(23)16-10-11-17(22)21(2)18(16)14-7-4-3-5-8-14/h3-9,12,16,18H,10-11,13H2,1-2H3/t16-,18+/m1/s1. The van der Waals surface area contributed by atoms with Crippen LogP contribution in [0.3, 0.4) is 0 Å². The predicted octanol–water partition coefficient (Wildman–Crippen LogP) is 2.85. The summed E-state index contributed by atoms with van der Waals surface area (Å²) in [6, 6.07) is 13.2. The maximum absolute atomic E-state index is 13.0. The number of likely N-dealkylation sites (tertiary alicyclic amines) is 1. The lowest BCUT2D eigenvalue weighted by molar-refractivity contribution is -0.146. The fourth-order valence-electron chi connectivity index (χ4n) is 3.40.